The van der Waals surface area contributed by atoms with Crippen molar-refractivity contribution in [3.05, 3.63) is 0 Å². The third-order valence-corrected chi connectivity index (χ3v) is 6.20. The average molecular weight is 403 g/mol. The molecular formula is C19H39KO4S. The number of aliphatic hydroxyl groups is 1. The Hall–Kier alpha value is 1.51. The first-order valence-electron chi connectivity index (χ1n) is 10.0. The minimum Gasteiger partial charge on any atom is -0.748 e. The molecule has 0 bridgehead atoms. The molecule has 0 amide bonds. The fourth-order valence-electron chi connectivity index (χ4n) is 3.14. The van der Waals surface area contributed by atoms with Crippen LogP contribution in [0.1, 0.15) is 110 Å². The predicted molar refractivity (Wildman–Crippen MR) is 100 cm³/mol. The van der Waals surface area contributed by atoms with E-state index in [0.29, 0.717) is 12.8 Å². The van der Waals surface area contributed by atoms with E-state index in [-0.39, 0.29) is 57.5 Å². The van der Waals surface area contributed by atoms with Crippen molar-refractivity contribution in [2.75, 3.05) is 0 Å². The van der Waals surface area contributed by atoms with Crippen molar-refractivity contribution in [1.29, 1.82) is 0 Å². The smallest absolute Gasteiger partial charge is 0.748 e. The Morgan fingerprint density at radius 2 is 1.16 bits per heavy atom. The Morgan fingerprint density at radius 3 is 1.56 bits per heavy atom. The summed E-state index contributed by atoms with van der Waals surface area (Å²) in [6.45, 7) is 3.95. The van der Waals surface area contributed by atoms with Crippen molar-refractivity contribution >= 4 is 10.1 Å². The molecule has 0 heterocycles. The summed E-state index contributed by atoms with van der Waals surface area (Å²) in [5, 5.41) is 9.14. The molecule has 25 heavy (non-hydrogen) atoms. The van der Waals surface area contributed by atoms with E-state index in [1.807, 2.05) is 0 Å². The van der Waals surface area contributed by atoms with Gasteiger partial charge in [0.05, 0.1) is 16.2 Å². The monoisotopic (exact) mass is 402 g/mol. The molecule has 0 aromatic carbocycles. The Balaban J connectivity index is 0. The van der Waals surface area contributed by atoms with Gasteiger partial charge in [-0.3, -0.25) is 0 Å². The second kappa shape index (κ2) is 18.9. The summed E-state index contributed by atoms with van der Waals surface area (Å²) in [7, 11) is -4.11. The molecule has 0 saturated heterocycles. The number of unbranched alkanes of at least 4 members (excludes halogenated alkanes) is 9. The first-order chi connectivity index (χ1) is 11.4. The molecule has 0 radical (unpaired) electrons. The van der Waals surface area contributed by atoms with E-state index in [1.165, 1.54) is 38.5 Å². The van der Waals surface area contributed by atoms with E-state index in [1.54, 1.807) is 6.92 Å². The van der Waals surface area contributed by atoms with Gasteiger partial charge >= 0.3 is 51.4 Å². The summed E-state index contributed by atoms with van der Waals surface area (Å²) < 4.78 is 32.9. The van der Waals surface area contributed by atoms with Crippen LogP contribution in [0.3, 0.4) is 0 Å². The summed E-state index contributed by atoms with van der Waals surface area (Å²) >= 11 is 0. The topological polar surface area (TPSA) is 77.4 Å². The quantitative estimate of drug-likeness (QED) is 0.230. The van der Waals surface area contributed by atoms with Crippen LogP contribution >= 0.6 is 0 Å². The predicted octanol–water partition coefficient (Wildman–Crippen LogP) is 2.16. The van der Waals surface area contributed by atoms with Crippen LogP contribution in [0.15, 0.2) is 0 Å². The molecule has 0 saturated carbocycles. The molecule has 146 valence electrons. The fourth-order valence-corrected chi connectivity index (χ4v) is 4.00. The largest absolute Gasteiger partial charge is 1.00 e. The van der Waals surface area contributed by atoms with Crippen LogP contribution in [0.4, 0.5) is 0 Å². The van der Waals surface area contributed by atoms with Crippen molar-refractivity contribution in [1.82, 2.24) is 0 Å². The molecule has 0 aromatic heterocycles. The van der Waals surface area contributed by atoms with Crippen molar-refractivity contribution in [3.8, 4) is 0 Å². The zero-order valence-corrected chi connectivity index (χ0v) is 20.8. The van der Waals surface area contributed by atoms with Crippen LogP contribution in [0.25, 0.3) is 0 Å². The van der Waals surface area contributed by atoms with Gasteiger partial charge in [0.15, 0.2) is 0 Å². The third kappa shape index (κ3) is 18.6. The standard InChI is InChI=1S/C19H40O4S.K/c1-3-5-12-15-18(20)16-13-10-8-6-7-9-11-14-17-19(4-2)24(21,22)23;/h18-20H,3-17H2,1-2H3,(H,21,22,23);/q;+1/p-1. The van der Waals surface area contributed by atoms with Gasteiger partial charge in [-0.2, -0.15) is 0 Å². The summed E-state index contributed by atoms with van der Waals surface area (Å²) in [5.74, 6) is 0. The summed E-state index contributed by atoms with van der Waals surface area (Å²) in [6.07, 6.45) is 15.2. The summed E-state index contributed by atoms with van der Waals surface area (Å²) in [4.78, 5) is 0. The van der Waals surface area contributed by atoms with Crippen LogP contribution in [0.5, 0.6) is 0 Å². The van der Waals surface area contributed by atoms with E-state index >= 15 is 0 Å². The van der Waals surface area contributed by atoms with E-state index in [2.05, 4.69) is 6.92 Å². The molecule has 1 N–H and O–H groups in total. The molecule has 2 unspecified atom stereocenters. The van der Waals surface area contributed by atoms with Gasteiger partial charge in [0.2, 0.25) is 0 Å². The molecule has 2 atom stereocenters. The first kappa shape index (κ1) is 28.7. The Labute approximate surface area is 199 Å². The average Bonchev–Trinajstić information content (AvgIpc) is 2.51. The second-order valence-electron chi connectivity index (χ2n) is 7.08. The molecule has 0 aliphatic carbocycles. The van der Waals surface area contributed by atoms with Crippen molar-refractivity contribution in [3.63, 3.8) is 0 Å². The van der Waals surface area contributed by atoms with Crippen molar-refractivity contribution in [2.45, 2.75) is 122 Å². The minimum absolute atomic E-state index is 0. The van der Waals surface area contributed by atoms with Gasteiger partial charge in [0.25, 0.3) is 0 Å². The van der Waals surface area contributed by atoms with E-state index in [0.717, 1.165) is 44.9 Å². The maximum absolute atomic E-state index is 11.0. The Kier molecular flexibility index (Phi) is 21.7. The van der Waals surface area contributed by atoms with Gasteiger partial charge in [-0.25, -0.2) is 8.42 Å². The molecule has 4 nitrogen and oxygen atoms in total. The van der Waals surface area contributed by atoms with Gasteiger partial charge < -0.3 is 9.66 Å². The molecular weight excluding hydrogens is 363 g/mol. The van der Waals surface area contributed by atoms with E-state index < -0.39 is 15.4 Å². The minimum atomic E-state index is -4.11. The molecule has 6 heteroatoms. The molecule has 0 aromatic rings. The van der Waals surface area contributed by atoms with Gasteiger partial charge in [0.1, 0.15) is 0 Å². The van der Waals surface area contributed by atoms with Crippen molar-refractivity contribution in [2.24, 2.45) is 0 Å². The molecule has 0 spiro atoms. The maximum atomic E-state index is 11.0. The van der Waals surface area contributed by atoms with Crippen molar-refractivity contribution < 1.29 is 69.5 Å². The van der Waals surface area contributed by atoms with Gasteiger partial charge in [0, 0.05) is 5.25 Å². The van der Waals surface area contributed by atoms with Gasteiger partial charge in [-0.15, -0.1) is 0 Å². The van der Waals surface area contributed by atoms with E-state index in [4.69, 9.17) is 0 Å². The first-order valence-corrected chi connectivity index (χ1v) is 11.5. The number of hydrogen-bond donors (Lipinski definition) is 1. The second-order valence-corrected chi connectivity index (χ2v) is 8.73. The van der Waals surface area contributed by atoms with Gasteiger partial charge in [-0.05, 0) is 25.7 Å². The Morgan fingerprint density at radius 1 is 0.760 bits per heavy atom. The summed E-state index contributed by atoms with van der Waals surface area (Å²) in [5.41, 5.74) is 0. The normalized spacial score (nSPS) is 14.1. The van der Waals surface area contributed by atoms with Gasteiger partial charge in [-0.1, -0.05) is 84.5 Å². The molecule has 0 aliphatic rings. The molecule has 0 fully saturated rings. The zero-order valence-electron chi connectivity index (χ0n) is 16.8. The maximum Gasteiger partial charge on any atom is 1.00 e. The van der Waals surface area contributed by atoms with E-state index in [9.17, 15) is 18.1 Å². The third-order valence-electron chi connectivity index (χ3n) is 4.82. The Bertz CT molecular complexity index is 374. The number of hydrogen-bond acceptors (Lipinski definition) is 4. The molecule has 0 rings (SSSR count). The number of aliphatic hydroxyl groups excluding tert-OH is 1. The van der Waals surface area contributed by atoms with Crippen LogP contribution in [0.2, 0.25) is 0 Å². The van der Waals surface area contributed by atoms with Crippen LogP contribution < -0.4 is 51.4 Å². The van der Waals surface area contributed by atoms with Crippen LogP contribution in [0, 0.1) is 0 Å². The fraction of sp³-hybridized carbons (Fsp3) is 1.00. The van der Waals surface area contributed by atoms with Crippen LogP contribution in [-0.2, 0) is 10.1 Å². The van der Waals surface area contributed by atoms with Crippen LogP contribution in [-0.4, -0.2) is 29.4 Å². The summed E-state index contributed by atoms with van der Waals surface area (Å²) in [6, 6.07) is 0. The number of rotatable bonds is 17. The molecule has 0 aliphatic heterocycles. The SMILES string of the molecule is CCCCCC(O)CCCCCCCCCCC(CC)S(=O)(=O)[O-].[K+]. The zero-order chi connectivity index (χ0) is 18.3.